The SMILES string of the molecule is CSCC[C@@H]1NC(=O)[C@@H](NC(=O)[C@H](CCCN=C(N)N)NC(=O)[C@@H](N)CC(C)C)CSSC[C@@H](C(=O)N[C@@H](Cc2c[nH]c3ccccc23)C(=O)O)NC(=O)[C@@H]2CCCN2C(=O)[C@H](CCCN=C(N)N)NC(=O)[C@H](Cc2ccc(O)cc2)NC(=O)[C@H](C(C)C)NC(=O)[C@H](CCCN=C(N)N)NC(=O)CNC(=O)[C@H](CC(C)C)NC1=O. The summed E-state index contributed by atoms with van der Waals surface area (Å²) in [6, 6.07) is -4.46. The van der Waals surface area contributed by atoms with E-state index in [1.165, 1.54) is 40.9 Å². The fourth-order valence-electron chi connectivity index (χ4n) is 12.5. The number of phenols is 1. The molecule has 2 aromatic carbocycles. The lowest BCUT2D eigenvalue weighted by Crippen LogP contribution is -2.61. The lowest BCUT2D eigenvalue weighted by atomic mass is 9.99. The third-order valence-corrected chi connectivity index (χ3v) is 21.5. The fraction of sp³-hybridized carbons (Fsp3) is 0.589. The minimum atomic E-state index is -1.63. The molecule has 3 aromatic rings. The summed E-state index contributed by atoms with van der Waals surface area (Å²) in [6.07, 6.45) is 3.21. The summed E-state index contributed by atoms with van der Waals surface area (Å²) in [5.41, 5.74) is 41.7. The molecule has 41 heteroatoms. The van der Waals surface area contributed by atoms with Gasteiger partial charge in [-0.2, -0.15) is 11.8 Å². The number of hydrogen-bond donors (Lipinski definition) is 21. The molecule has 2 aliphatic rings. The highest BCUT2D eigenvalue weighted by molar-refractivity contribution is 8.76. The Labute approximate surface area is 674 Å². The fourth-order valence-corrected chi connectivity index (χ4v) is 15.3. The zero-order valence-electron chi connectivity index (χ0n) is 65.5. The molecule has 0 saturated carbocycles. The van der Waals surface area contributed by atoms with E-state index >= 15 is 19.2 Å². The van der Waals surface area contributed by atoms with Gasteiger partial charge in [0.05, 0.1) is 12.6 Å². The normalized spacial score (nSPS) is 21.9. The molecule has 1 aromatic heterocycles. The number of aliphatic imine (C=N–C) groups is 3. The molecular formula is C73H115N23O15S3. The minimum Gasteiger partial charge on any atom is -0.508 e. The number of nitrogens with zero attached hydrogens (tertiary/aromatic N) is 4. The molecule has 3 heterocycles. The Hall–Kier alpha value is -10.3. The van der Waals surface area contributed by atoms with Crippen LogP contribution in [-0.2, 0) is 75.2 Å². The third kappa shape index (κ3) is 32.3. The zero-order valence-corrected chi connectivity index (χ0v) is 67.9. The van der Waals surface area contributed by atoms with E-state index in [0.717, 1.165) is 21.6 Å². The molecule has 0 radical (unpaired) electrons. The molecule has 28 N–H and O–H groups in total. The van der Waals surface area contributed by atoms with Crippen molar-refractivity contribution >= 4 is 139 Å². The highest BCUT2D eigenvalue weighted by Gasteiger charge is 2.42. The number of hydrogen-bond acceptors (Lipinski definition) is 21. The van der Waals surface area contributed by atoms with Crippen molar-refractivity contribution in [2.45, 2.75) is 198 Å². The molecule has 2 aliphatic heterocycles. The molecule has 114 heavy (non-hydrogen) atoms. The van der Waals surface area contributed by atoms with Gasteiger partial charge in [-0.3, -0.25) is 72.5 Å². The summed E-state index contributed by atoms with van der Waals surface area (Å²) in [5, 5.41) is 51.2. The summed E-state index contributed by atoms with van der Waals surface area (Å²) in [5.74, 6) is -14.3. The van der Waals surface area contributed by atoms with E-state index in [1.54, 1.807) is 64.4 Å². The average molecular weight is 1650 g/mol. The van der Waals surface area contributed by atoms with E-state index < -0.39 is 162 Å². The second-order valence-corrected chi connectivity index (χ2v) is 32.6. The third-order valence-electron chi connectivity index (χ3n) is 18.4. The van der Waals surface area contributed by atoms with Gasteiger partial charge < -0.3 is 119 Å². The van der Waals surface area contributed by atoms with E-state index in [4.69, 9.17) is 40.1 Å². The van der Waals surface area contributed by atoms with E-state index in [9.17, 15) is 53.4 Å². The van der Waals surface area contributed by atoms with Gasteiger partial charge in [-0.25, -0.2) is 4.79 Å². The Morgan fingerprint density at radius 1 is 0.632 bits per heavy atom. The highest BCUT2D eigenvalue weighted by Crippen LogP contribution is 2.27. The summed E-state index contributed by atoms with van der Waals surface area (Å²) in [6.45, 7) is 9.61. The van der Waals surface area contributed by atoms with Gasteiger partial charge in [-0.1, -0.05) is 93.5 Å². The maximum atomic E-state index is 15.3. The molecule has 38 nitrogen and oxygen atoms in total. The van der Waals surface area contributed by atoms with E-state index in [-0.39, 0.29) is 162 Å². The van der Waals surface area contributed by atoms with Crippen LogP contribution in [0.25, 0.3) is 10.9 Å². The number of thioether (sulfide) groups is 1. The van der Waals surface area contributed by atoms with E-state index in [1.807, 2.05) is 13.8 Å². The number of aromatic nitrogens is 1. The molecule has 0 aliphatic carbocycles. The molecule has 12 amide bonds. The van der Waals surface area contributed by atoms with Crippen molar-refractivity contribution in [2.24, 2.45) is 72.9 Å². The number of benzene rings is 2. The number of nitrogens with one attached hydrogen (secondary N) is 12. The number of carboxylic acids is 1. The van der Waals surface area contributed by atoms with Crippen LogP contribution in [-0.4, -0.2) is 244 Å². The number of phenolic OH excluding ortho intramolecular Hbond substituents is 1. The lowest BCUT2D eigenvalue weighted by molar-refractivity contribution is -0.143. The lowest BCUT2D eigenvalue weighted by Gasteiger charge is -2.31. The molecular weight excluding hydrogens is 1540 g/mol. The van der Waals surface area contributed by atoms with E-state index in [0.29, 0.717) is 22.0 Å². The number of H-pyrrole nitrogens is 1. The molecule has 2 fully saturated rings. The topological polar surface area (TPSA) is 633 Å². The first-order valence-electron chi connectivity index (χ1n) is 37.9. The van der Waals surface area contributed by atoms with Gasteiger partial charge in [0, 0.05) is 67.6 Å². The number of rotatable bonds is 31. The molecule has 5 rings (SSSR count). The van der Waals surface area contributed by atoms with Gasteiger partial charge in [0.25, 0.3) is 0 Å². The largest absolute Gasteiger partial charge is 0.508 e. The standard InChI is InChI=1S/C73H115N23O15S3/c1-38(2)30-45(74)59(99)87-48(17-11-26-82-72(77)78)61(101)93-54-36-113-114-37-55(66(106)92-53(70(110)111)33-42-34-84-46-15-9-8-14-44(42)46)94-67(107)56-19-13-28-96(56)69(109)50(18-12-27-83-73(79)80)89-64(104)52(32-41-20-22-43(97)23-21-41)91-68(108)58(40(5)6)95-63(103)47(16-10-25-81-71(75)76)86-57(98)35-85-60(100)51(31-39(3)4)90-62(102)49(24-29-112-7)88-65(54)105/h8-9,14-15,20-23,34,38-40,45,47-56,58,84,97H,10-13,16-19,24-33,35-37,74H2,1-7H3,(H,85,100)(H,86,98)(H,87,99)(H,88,105)(H,89,104)(H,90,102)(H,91,108)(H,92,106)(H,93,101)(H,94,107)(H,95,103)(H,110,111)(H4,75,76,81)(H4,77,78,82)(H4,79,80,83)/t45-,47-,48-,49-,50-,51-,52-,53-,54-,55-,56-,58-/m0/s1. The number of fused-ring (bicyclic) bond motifs is 2. The molecule has 0 spiro atoms. The number of carbonyl (C=O) groups excluding carboxylic acids is 12. The summed E-state index contributed by atoms with van der Waals surface area (Å²) in [7, 11) is 1.80. The first kappa shape index (κ1) is 94.3. The zero-order chi connectivity index (χ0) is 84.3. The molecule has 630 valence electrons. The van der Waals surface area contributed by atoms with Crippen molar-refractivity contribution in [1.82, 2.24) is 68.4 Å². The van der Waals surface area contributed by atoms with Gasteiger partial charge in [0.2, 0.25) is 70.9 Å². The maximum absolute atomic E-state index is 15.3. The Balaban J connectivity index is 1.68. The smallest absolute Gasteiger partial charge is 0.326 e. The van der Waals surface area contributed by atoms with E-state index in [2.05, 4.69) is 78.4 Å². The molecule has 0 bridgehead atoms. The van der Waals surface area contributed by atoms with Crippen LogP contribution in [0.5, 0.6) is 5.75 Å². The van der Waals surface area contributed by atoms with Crippen LogP contribution >= 0.6 is 33.3 Å². The number of guanidine groups is 3. The number of nitrogens with two attached hydrogens (primary N) is 7. The maximum Gasteiger partial charge on any atom is 0.326 e. The molecule has 12 atom stereocenters. The Morgan fingerprint density at radius 2 is 1.22 bits per heavy atom. The Morgan fingerprint density at radius 3 is 1.84 bits per heavy atom. The average Bonchev–Trinajstić information content (AvgIpc) is 1.58. The van der Waals surface area contributed by atoms with Gasteiger partial charge in [-0.15, -0.1) is 0 Å². The van der Waals surface area contributed by atoms with Crippen molar-refractivity contribution in [3.8, 4) is 5.75 Å². The van der Waals surface area contributed by atoms with Gasteiger partial charge >= 0.3 is 5.97 Å². The van der Waals surface area contributed by atoms with Crippen LogP contribution in [0.2, 0.25) is 0 Å². The second kappa shape index (κ2) is 48.0. The van der Waals surface area contributed by atoms with Crippen molar-refractivity contribution < 1.29 is 72.5 Å². The first-order chi connectivity index (χ1) is 54.0. The van der Waals surface area contributed by atoms with Gasteiger partial charge in [0.15, 0.2) is 17.9 Å². The number of aromatic amines is 1. The van der Waals surface area contributed by atoms with Gasteiger partial charge in [0.1, 0.15) is 72.2 Å². The van der Waals surface area contributed by atoms with Gasteiger partial charge in [-0.05, 0) is 130 Å². The van der Waals surface area contributed by atoms with Crippen molar-refractivity contribution in [3.05, 3.63) is 65.9 Å². The number of carboxylic acid groups (broad SMARTS) is 1. The van der Waals surface area contributed by atoms with Crippen molar-refractivity contribution in [1.29, 1.82) is 0 Å². The van der Waals surface area contributed by atoms with Crippen molar-refractivity contribution in [3.63, 3.8) is 0 Å². The number of aliphatic carboxylic acids is 1. The van der Waals surface area contributed by atoms with Crippen LogP contribution in [0.4, 0.5) is 0 Å². The van der Waals surface area contributed by atoms with Crippen LogP contribution in [0.15, 0.2) is 69.7 Å². The van der Waals surface area contributed by atoms with Crippen LogP contribution in [0, 0.1) is 17.8 Å². The number of aromatic hydroxyl groups is 1. The van der Waals surface area contributed by atoms with Crippen LogP contribution in [0.3, 0.4) is 0 Å². The number of carbonyl (C=O) groups is 13. The molecule has 2 saturated heterocycles. The van der Waals surface area contributed by atoms with Crippen LogP contribution in [0.1, 0.15) is 123 Å². The number of amides is 12. The Kier molecular flexibility index (Phi) is 39.7. The minimum absolute atomic E-state index is 0.00315. The van der Waals surface area contributed by atoms with Crippen molar-refractivity contribution in [2.75, 3.05) is 56.2 Å². The second-order valence-electron chi connectivity index (χ2n) is 29.1. The molecule has 0 unspecified atom stereocenters. The quantitative estimate of drug-likeness (QED) is 0.0133. The first-order valence-corrected chi connectivity index (χ1v) is 41.8. The summed E-state index contributed by atoms with van der Waals surface area (Å²) >= 11 is 1.32. The van der Waals surface area contributed by atoms with Crippen LogP contribution < -0.4 is 98.6 Å². The predicted molar refractivity (Wildman–Crippen MR) is 438 cm³/mol. The Bertz CT molecular complexity index is 3850. The summed E-state index contributed by atoms with van der Waals surface area (Å²) < 4.78 is 0. The highest BCUT2D eigenvalue weighted by atomic mass is 33.1. The predicted octanol–water partition coefficient (Wildman–Crippen LogP) is -2.92. The number of para-hydroxylation sites is 1. The summed E-state index contributed by atoms with van der Waals surface area (Å²) in [4.78, 5) is 206. The monoisotopic (exact) mass is 1650 g/mol.